The largest absolute Gasteiger partial charge is 0.337 e. The molecule has 0 amide bonds. The van der Waals surface area contributed by atoms with Crippen LogP contribution in [0.3, 0.4) is 0 Å². The van der Waals surface area contributed by atoms with Gasteiger partial charge in [0, 0.05) is 10.5 Å². The van der Waals surface area contributed by atoms with E-state index in [4.69, 9.17) is 4.52 Å². The lowest BCUT2D eigenvalue weighted by atomic mass is 10.1. The predicted molar refractivity (Wildman–Crippen MR) is 120 cm³/mol. The molecule has 160 valence electrons. The van der Waals surface area contributed by atoms with Crippen molar-refractivity contribution in [3.63, 3.8) is 0 Å². The summed E-state index contributed by atoms with van der Waals surface area (Å²) in [5.74, 6) is 0.781. The van der Waals surface area contributed by atoms with Gasteiger partial charge in [-0.05, 0) is 48.6 Å². The molecular formula is C22H19N7O2S. The Morgan fingerprint density at radius 3 is 2.66 bits per heavy atom. The Morgan fingerprint density at radius 1 is 1.06 bits per heavy atom. The highest BCUT2D eigenvalue weighted by atomic mass is 32.2. The van der Waals surface area contributed by atoms with Crippen molar-refractivity contribution in [3.05, 3.63) is 82.2 Å². The fraction of sp³-hybridized carbons (Fsp3) is 0.182. The van der Waals surface area contributed by atoms with E-state index in [2.05, 4.69) is 25.4 Å². The van der Waals surface area contributed by atoms with Crippen molar-refractivity contribution in [2.75, 3.05) is 6.26 Å². The summed E-state index contributed by atoms with van der Waals surface area (Å²) in [6, 6.07) is 15.9. The normalized spacial score (nSPS) is 11.3. The van der Waals surface area contributed by atoms with Crippen LogP contribution < -0.4 is 5.56 Å². The number of hydrogen-bond donors (Lipinski definition) is 0. The number of rotatable bonds is 6. The van der Waals surface area contributed by atoms with Crippen molar-refractivity contribution in [1.82, 2.24) is 34.7 Å². The van der Waals surface area contributed by atoms with Gasteiger partial charge in [0.2, 0.25) is 11.7 Å². The van der Waals surface area contributed by atoms with Gasteiger partial charge in [-0.1, -0.05) is 34.6 Å². The third-order valence-corrected chi connectivity index (χ3v) is 5.94. The van der Waals surface area contributed by atoms with Gasteiger partial charge in [0.15, 0.2) is 11.2 Å². The van der Waals surface area contributed by atoms with Gasteiger partial charge >= 0.3 is 0 Å². The second-order valence-electron chi connectivity index (χ2n) is 7.26. The average molecular weight is 446 g/mol. The van der Waals surface area contributed by atoms with Gasteiger partial charge in [-0.3, -0.25) is 9.36 Å². The lowest BCUT2D eigenvalue weighted by molar-refractivity contribution is 0.369. The van der Waals surface area contributed by atoms with E-state index < -0.39 is 0 Å². The maximum atomic E-state index is 12.9. The smallest absolute Gasteiger partial charge is 0.283 e. The highest BCUT2D eigenvalue weighted by molar-refractivity contribution is 7.98. The molecule has 0 fully saturated rings. The molecule has 0 aliphatic carbocycles. The Morgan fingerprint density at radius 2 is 1.88 bits per heavy atom. The van der Waals surface area contributed by atoms with Crippen LogP contribution in [0, 0.1) is 6.92 Å². The molecule has 5 aromatic rings. The first-order valence-electron chi connectivity index (χ1n) is 9.92. The van der Waals surface area contributed by atoms with Crippen LogP contribution in [-0.2, 0) is 13.1 Å². The summed E-state index contributed by atoms with van der Waals surface area (Å²) >= 11 is 1.66. The van der Waals surface area contributed by atoms with E-state index >= 15 is 0 Å². The van der Waals surface area contributed by atoms with Crippen molar-refractivity contribution in [2.45, 2.75) is 24.9 Å². The summed E-state index contributed by atoms with van der Waals surface area (Å²) in [5.41, 5.74) is 3.41. The molecule has 0 spiro atoms. The molecule has 3 heterocycles. The topological polar surface area (TPSA) is 105 Å². The van der Waals surface area contributed by atoms with Crippen molar-refractivity contribution in [1.29, 1.82) is 0 Å². The van der Waals surface area contributed by atoms with Crippen LogP contribution in [0.25, 0.3) is 22.6 Å². The Labute approximate surface area is 187 Å². The number of benzene rings is 2. The minimum Gasteiger partial charge on any atom is -0.337 e. The summed E-state index contributed by atoms with van der Waals surface area (Å²) in [6.45, 7) is 2.62. The zero-order valence-corrected chi connectivity index (χ0v) is 18.3. The third kappa shape index (κ3) is 3.80. The minimum atomic E-state index is -0.310. The van der Waals surface area contributed by atoms with Crippen molar-refractivity contribution in [3.8, 4) is 11.4 Å². The van der Waals surface area contributed by atoms with E-state index in [1.54, 1.807) is 16.4 Å². The summed E-state index contributed by atoms with van der Waals surface area (Å²) < 4.78 is 8.37. The second kappa shape index (κ2) is 8.39. The SMILES string of the molecule is CSc1ccc(-c2noc(Cn3cnc4c(nnn4Cc4ccccc4C)c3=O)n2)cc1. The summed E-state index contributed by atoms with van der Waals surface area (Å²) in [5, 5.41) is 12.2. The Balaban J connectivity index is 1.40. The molecule has 0 N–H and O–H groups in total. The molecule has 3 aromatic heterocycles. The Kier molecular flexibility index (Phi) is 5.28. The molecule has 0 radical (unpaired) electrons. The van der Waals surface area contributed by atoms with E-state index in [0.717, 1.165) is 21.6 Å². The van der Waals surface area contributed by atoms with Gasteiger partial charge in [0.25, 0.3) is 5.56 Å². The highest BCUT2D eigenvalue weighted by Crippen LogP contribution is 2.21. The van der Waals surface area contributed by atoms with Gasteiger partial charge < -0.3 is 4.52 Å². The molecular weight excluding hydrogens is 426 g/mol. The zero-order valence-electron chi connectivity index (χ0n) is 17.5. The maximum Gasteiger partial charge on any atom is 0.283 e. The Bertz CT molecular complexity index is 1450. The van der Waals surface area contributed by atoms with Gasteiger partial charge in [0.05, 0.1) is 6.54 Å². The van der Waals surface area contributed by atoms with Crippen LogP contribution in [0.15, 0.2) is 69.1 Å². The van der Waals surface area contributed by atoms with E-state index in [9.17, 15) is 4.79 Å². The van der Waals surface area contributed by atoms with Crippen molar-refractivity contribution in [2.24, 2.45) is 0 Å². The van der Waals surface area contributed by atoms with Gasteiger partial charge in [-0.15, -0.1) is 16.9 Å². The quantitative estimate of drug-likeness (QED) is 0.367. The third-order valence-electron chi connectivity index (χ3n) is 5.20. The first-order valence-corrected chi connectivity index (χ1v) is 11.1. The molecule has 0 atom stereocenters. The Hall–Kier alpha value is -3.79. The van der Waals surface area contributed by atoms with Gasteiger partial charge in [0.1, 0.15) is 12.9 Å². The number of aromatic nitrogens is 7. The molecule has 5 rings (SSSR count). The predicted octanol–water partition coefficient (Wildman–Crippen LogP) is 3.16. The lowest BCUT2D eigenvalue weighted by Crippen LogP contribution is -2.21. The standard InChI is InChI=1S/C22H19N7O2S/c1-14-5-3-4-6-16(14)11-29-21-19(25-27-29)22(30)28(13-23-21)12-18-24-20(26-31-18)15-7-9-17(32-2)10-8-15/h3-10,13H,11-12H2,1-2H3. The molecule has 0 bridgehead atoms. The molecule has 0 saturated heterocycles. The van der Waals surface area contributed by atoms with Crippen LogP contribution in [0.1, 0.15) is 17.0 Å². The van der Waals surface area contributed by atoms with Crippen LogP contribution >= 0.6 is 11.8 Å². The van der Waals surface area contributed by atoms with Crippen LogP contribution in [0.5, 0.6) is 0 Å². The number of nitrogens with zero attached hydrogens (tertiary/aromatic N) is 7. The monoisotopic (exact) mass is 445 g/mol. The van der Waals surface area contributed by atoms with Crippen LogP contribution in [0.2, 0.25) is 0 Å². The van der Waals surface area contributed by atoms with E-state index in [0.29, 0.717) is 23.9 Å². The van der Waals surface area contributed by atoms with Crippen molar-refractivity contribution >= 4 is 22.9 Å². The van der Waals surface area contributed by atoms with E-state index in [1.807, 2.05) is 61.7 Å². The summed E-state index contributed by atoms with van der Waals surface area (Å²) in [4.78, 5) is 22.9. The van der Waals surface area contributed by atoms with Crippen LogP contribution in [-0.4, -0.2) is 40.9 Å². The number of thioether (sulfide) groups is 1. The number of aryl methyl sites for hydroxylation is 1. The first-order chi connectivity index (χ1) is 15.6. The minimum absolute atomic E-state index is 0.0995. The summed E-state index contributed by atoms with van der Waals surface area (Å²) in [7, 11) is 0. The van der Waals surface area contributed by atoms with E-state index in [1.165, 1.54) is 10.9 Å². The van der Waals surface area contributed by atoms with E-state index in [-0.39, 0.29) is 17.6 Å². The molecule has 0 saturated carbocycles. The van der Waals surface area contributed by atoms with Gasteiger partial charge in [-0.25, -0.2) is 9.67 Å². The molecule has 0 aliphatic rings. The zero-order chi connectivity index (χ0) is 22.1. The molecule has 32 heavy (non-hydrogen) atoms. The fourth-order valence-electron chi connectivity index (χ4n) is 3.38. The van der Waals surface area contributed by atoms with Crippen molar-refractivity contribution < 1.29 is 4.52 Å². The molecule has 0 aliphatic heterocycles. The molecule has 2 aromatic carbocycles. The number of fused-ring (bicyclic) bond motifs is 1. The molecule has 0 unspecified atom stereocenters. The van der Waals surface area contributed by atoms with Crippen LogP contribution in [0.4, 0.5) is 0 Å². The summed E-state index contributed by atoms with van der Waals surface area (Å²) in [6.07, 6.45) is 3.48. The number of hydrogen-bond acceptors (Lipinski definition) is 8. The molecule has 10 heteroatoms. The maximum absolute atomic E-state index is 12.9. The molecule has 9 nitrogen and oxygen atoms in total. The average Bonchev–Trinajstić information content (AvgIpc) is 3.45. The second-order valence-corrected chi connectivity index (χ2v) is 8.14. The lowest BCUT2D eigenvalue weighted by Gasteiger charge is -2.06. The van der Waals surface area contributed by atoms with Gasteiger partial charge in [-0.2, -0.15) is 4.98 Å². The fourth-order valence-corrected chi connectivity index (χ4v) is 3.79. The first kappa shape index (κ1) is 20.1. The highest BCUT2D eigenvalue weighted by Gasteiger charge is 2.15.